The third kappa shape index (κ3) is 1.10. The molecule has 0 radical (unpaired) electrons. The summed E-state index contributed by atoms with van der Waals surface area (Å²) in [6.45, 7) is 4.75. The van der Waals surface area contributed by atoms with E-state index in [1.54, 1.807) is 0 Å². The van der Waals surface area contributed by atoms with Gasteiger partial charge in [-0.15, -0.1) is 0 Å². The first kappa shape index (κ1) is 7.60. The summed E-state index contributed by atoms with van der Waals surface area (Å²) in [6, 6.07) is 0. The fraction of sp³-hybridized carbons (Fsp3) is 1.00. The number of fused-ring (bicyclic) bond motifs is 1. The molecular weight excluding hydrogens is 136 g/mol. The Labute approximate surface area is 68.8 Å². The van der Waals surface area contributed by atoms with Crippen LogP contribution < -0.4 is 0 Å². The van der Waals surface area contributed by atoms with Gasteiger partial charge in [0, 0.05) is 0 Å². The second kappa shape index (κ2) is 2.22. The second-order valence-corrected chi connectivity index (χ2v) is 4.84. The molecule has 1 unspecified atom stereocenters. The first-order chi connectivity index (χ1) is 5.12. The molecule has 2 aliphatic rings. The lowest BCUT2D eigenvalue weighted by Gasteiger charge is -2.10. The predicted octanol–water partition coefficient (Wildman–Crippen LogP) is 2.19. The normalized spacial score (nSPS) is 47.7. The summed E-state index contributed by atoms with van der Waals surface area (Å²) >= 11 is 0. The maximum absolute atomic E-state index is 9.40. The van der Waals surface area contributed by atoms with Gasteiger partial charge in [-0.2, -0.15) is 0 Å². The molecule has 0 heterocycles. The zero-order chi connectivity index (χ0) is 8.06. The van der Waals surface area contributed by atoms with Gasteiger partial charge in [0.15, 0.2) is 0 Å². The average molecular weight is 154 g/mol. The van der Waals surface area contributed by atoms with Gasteiger partial charge in [-0.25, -0.2) is 0 Å². The van der Waals surface area contributed by atoms with Gasteiger partial charge < -0.3 is 5.11 Å². The summed E-state index contributed by atoms with van der Waals surface area (Å²) in [5.74, 6) is 1.86. The number of hydrogen-bond acceptors (Lipinski definition) is 1. The van der Waals surface area contributed by atoms with Crippen molar-refractivity contribution in [2.24, 2.45) is 17.3 Å². The third-order valence-electron chi connectivity index (χ3n) is 3.91. The Hall–Kier alpha value is -0.0400. The maximum atomic E-state index is 9.40. The van der Waals surface area contributed by atoms with Gasteiger partial charge in [0.2, 0.25) is 0 Å². The molecule has 1 heteroatoms. The molecule has 11 heavy (non-hydrogen) atoms. The highest BCUT2D eigenvalue weighted by Crippen LogP contribution is 2.63. The lowest BCUT2D eigenvalue weighted by molar-refractivity contribution is 0.148. The van der Waals surface area contributed by atoms with Gasteiger partial charge in [0.1, 0.15) is 0 Å². The molecule has 0 amide bonds. The van der Waals surface area contributed by atoms with Gasteiger partial charge in [0.05, 0.1) is 6.10 Å². The highest BCUT2D eigenvalue weighted by atomic mass is 16.3. The molecule has 3 atom stereocenters. The molecule has 2 aliphatic carbocycles. The summed E-state index contributed by atoms with van der Waals surface area (Å²) in [6.07, 6.45) is 4.63. The number of aliphatic hydroxyl groups excluding tert-OH is 1. The molecule has 0 saturated heterocycles. The molecule has 64 valence electrons. The van der Waals surface area contributed by atoms with Crippen LogP contribution in [0.4, 0.5) is 0 Å². The molecule has 0 aromatic rings. The van der Waals surface area contributed by atoms with Crippen LogP contribution in [0.5, 0.6) is 0 Å². The summed E-state index contributed by atoms with van der Waals surface area (Å²) in [7, 11) is 0. The van der Waals surface area contributed by atoms with Gasteiger partial charge >= 0.3 is 0 Å². The molecular formula is C10H18O. The van der Waals surface area contributed by atoms with E-state index in [2.05, 4.69) is 13.8 Å². The Balaban J connectivity index is 1.98. The first-order valence-corrected chi connectivity index (χ1v) is 4.80. The van der Waals surface area contributed by atoms with Gasteiger partial charge in [-0.1, -0.05) is 13.8 Å². The summed E-state index contributed by atoms with van der Waals surface area (Å²) < 4.78 is 0. The number of aliphatic hydroxyl groups is 1. The molecule has 0 aromatic heterocycles. The van der Waals surface area contributed by atoms with Crippen molar-refractivity contribution in [1.29, 1.82) is 0 Å². The molecule has 2 rings (SSSR count). The fourth-order valence-corrected chi connectivity index (χ4v) is 2.89. The number of hydrogen-bond donors (Lipinski definition) is 1. The molecule has 1 nitrogen and oxygen atoms in total. The Morgan fingerprint density at radius 1 is 1.00 bits per heavy atom. The zero-order valence-electron chi connectivity index (χ0n) is 7.51. The van der Waals surface area contributed by atoms with Crippen molar-refractivity contribution < 1.29 is 5.11 Å². The minimum absolute atomic E-state index is 0.0126. The Morgan fingerprint density at radius 3 is 1.91 bits per heavy atom. The smallest absolute Gasteiger partial charge is 0.0540 e. The Morgan fingerprint density at radius 2 is 1.45 bits per heavy atom. The van der Waals surface area contributed by atoms with Gasteiger partial charge in [-0.05, 0) is 42.9 Å². The van der Waals surface area contributed by atoms with Crippen LogP contribution in [0.3, 0.4) is 0 Å². The maximum Gasteiger partial charge on any atom is 0.0540 e. The fourth-order valence-electron chi connectivity index (χ4n) is 2.89. The monoisotopic (exact) mass is 154 g/mol. The SMILES string of the molecule is CC1(C)[C@@H]2CCC(O)CC[C@@H]21. The molecule has 0 aromatic carbocycles. The van der Waals surface area contributed by atoms with E-state index >= 15 is 0 Å². The van der Waals surface area contributed by atoms with E-state index < -0.39 is 0 Å². The molecule has 1 N–H and O–H groups in total. The van der Waals surface area contributed by atoms with Crippen molar-refractivity contribution in [2.45, 2.75) is 45.6 Å². The molecule has 2 fully saturated rings. The second-order valence-electron chi connectivity index (χ2n) is 4.84. The van der Waals surface area contributed by atoms with Crippen molar-refractivity contribution in [3.05, 3.63) is 0 Å². The summed E-state index contributed by atoms with van der Waals surface area (Å²) in [5, 5.41) is 9.40. The van der Waals surface area contributed by atoms with Crippen LogP contribution in [0, 0.1) is 17.3 Å². The largest absolute Gasteiger partial charge is 0.393 e. The quantitative estimate of drug-likeness (QED) is 0.567. The van der Waals surface area contributed by atoms with E-state index in [0.29, 0.717) is 5.41 Å². The van der Waals surface area contributed by atoms with E-state index in [-0.39, 0.29) is 6.10 Å². The van der Waals surface area contributed by atoms with E-state index in [1.807, 2.05) is 0 Å². The molecule has 2 saturated carbocycles. The highest BCUT2D eigenvalue weighted by Gasteiger charge is 2.57. The van der Waals surface area contributed by atoms with Crippen molar-refractivity contribution in [3.8, 4) is 0 Å². The average Bonchev–Trinajstić information content (AvgIpc) is 2.51. The van der Waals surface area contributed by atoms with Gasteiger partial charge in [0.25, 0.3) is 0 Å². The predicted molar refractivity (Wildman–Crippen MR) is 45.2 cm³/mol. The van der Waals surface area contributed by atoms with Crippen LogP contribution in [0.1, 0.15) is 39.5 Å². The Bertz CT molecular complexity index is 146. The van der Waals surface area contributed by atoms with Crippen LogP contribution in [0.25, 0.3) is 0 Å². The lowest BCUT2D eigenvalue weighted by Crippen LogP contribution is -2.07. The first-order valence-electron chi connectivity index (χ1n) is 4.80. The minimum Gasteiger partial charge on any atom is -0.393 e. The minimum atomic E-state index is 0.0126. The topological polar surface area (TPSA) is 20.2 Å². The summed E-state index contributed by atoms with van der Waals surface area (Å²) in [5.41, 5.74) is 0.611. The van der Waals surface area contributed by atoms with Crippen molar-refractivity contribution >= 4 is 0 Å². The van der Waals surface area contributed by atoms with Crippen molar-refractivity contribution in [2.75, 3.05) is 0 Å². The van der Waals surface area contributed by atoms with E-state index in [4.69, 9.17) is 0 Å². The highest BCUT2D eigenvalue weighted by molar-refractivity contribution is 5.05. The van der Waals surface area contributed by atoms with E-state index in [9.17, 15) is 5.11 Å². The van der Waals surface area contributed by atoms with Crippen LogP contribution in [-0.4, -0.2) is 11.2 Å². The van der Waals surface area contributed by atoms with Crippen LogP contribution >= 0.6 is 0 Å². The van der Waals surface area contributed by atoms with Crippen LogP contribution in [0.15, 0.2) is 0 Å². The number of rotatable bonds is 0. The standard InChI is InChI=1S/C10H18O/c1-10(2)8-5-3-7(11)4-6-9(8)10/h7-9,11H,3-6H2,1-2H3/t7?,8-,9+. The lowest BCUT2D eigenvalue weighted by atomic mass is 10.00. The zero-order valence-corrected chi connectivity index (χ0v) is 7.51. The van der Waals surface area contributed by atoms with Gasteiger partial charge in [-0.3, -0.25) is 0 Å². The van der Waals surface area contributed by atoms with E-state index in [0.717, 1.165) is 24.7 Å². The van der Waals surface area contributed by atoms with Crippen molar-refractivity contribution in [3.63, 3.8) is 0 Å². The molecule has 0 aliphatic heterocycles. The molecule has 0 spiro atoms. The Kier molecular flexibility index (Phi) is 1.54. The van der Waals surface area contributed by atoms with Crippen LogP contribution in [0.2, 0.25) is 0 Å². The third-order valence-corrected chi connectivity index (χ3v) is 3.91. The molecule has 0 bridgehead atoms. The summed E-state index contributed by atoms with van der Waals surface area (Å²) in [4.78, 5) is 0. The van der Waals surface area contributed by atoms with Crippen LogP contribution in [-0.2, 0) is 0 Å². The van der Waals surface area contributed by atoms with Crippen molar-refractivity contribution in [1.82, 2.24) is 0 Å². The van der Waals surface area contributed by atoms with E-state index in [1.165, 1.54) is 12.8 Å².